The number of ether oxygens (including phenoxy) is 3. The van der Waals surface area contributed by atoms with Crippen LogP contribution in [0.4, 0.5) is 4.39 Å². The maximum absolute atomic E-state index is 13.2. The van der Waals surface area contributed by atoms with Gasteiger partial charge in [0.2, 0.25) is 11.2 Å². The van der Waals surface area contributed by atoms with Crippen LogP contribution in [0.25, 0.3) is 11.0 Å². The highest BCUT2D eigenvalue weighted by Crippen LogP contribution is 2.31. The number of benzene rings is 3. The molecule has 0 atom stereocenters. The summed E-state index contributed by atoms with van der Waals surface area (Å²) in [6.07, 6.45) is 1.25. The van der Waals surface area contributed by atoms with Crippen LogP contribution in [0.1, 0.15) is 5.56 Å². The Morgan fingerprint density at radius 3 is 2.57 bits per heavy atom. The Hall–Kier alpha value is -3.51. The van der Waals surface area contributed by atoms with Gasteiger partial charge < -0.3 is 18.6 Å². The fourth-order valence-electron chi connectivity index (χ4n) is 2.87. The van der Waals surface area contributed by atoms with Crippen molar-refractivity contribution in [3.8, 4) is 23.0 Å². The van der Waals surface area contributed by atoms with Gasteiger partial charge in [-0.2, -0.15) is 0 Å². The van der Waals surface area contributed by atoms with E-state index in [0.29, 0.717) is 33.8 Å². The minimum Gasteiger partial charge on any atom is -0.493 e. The second-order valence-electron chi connectivity index (χ2n) is 6.36. The van der Waals surface area contributed by atoms with Gasteiger partial charge in [0.1, 0.15) is 30.0 Å². The molecule has 0 spiro atoms. The third kappa shape index (κ3) is 4.09. The van der Waals surface area contributed by atoms with Crippen molar-refractivity contribution in [3.05, 3.63) is 93.6 Å². The molecule has 152 valence electrons. The molecule has 4 rings (SSSR count). The van der Waals surface area contributed by atoms with Crippen LogP contribution in [0.5, 0.6) is 23.0 Å². The summed E-state index contributed by atoms with van der Waals surface area (Å²) in [5, 5.41) is 0.620. The Morgan fingerprint density at radius 2 is 1.80 bits per heavy atom. The highest BCUT2D eigenvalue weighted by molar-refractivity contribution is 6.31. The first-order chi connectivity index (χ1) is 14.5. The molecule has 0 aliphatic rings. The van der Waals surface area contributed by atoms with E-state index in [-0.39, 0.29) is 22.8 Å². The summed E-state index contributed by atoms with van der Waals surface area (Å²) in [6.45, 7) is 0.143. The summed E-state index contributed by atoms with van der Waals surface area (Å²) in [5.41, 5.74) is 0.658. The maximum Gasteiger partial charge on any atom is 0.235 e. The second kappa shape index (κ2) is 8.47. The third-order valence-corrected chi connectivity index (χ3v) is 4.76. The highest BCUT2D eigenvalue weighted by Gasteiger charge is 2.13. The van der Waals surface area contributed by atoms with Gasteiger partial charge in [0.05, 0.1) is 17.5 Å². The molecule has 0 N–H and O–H groups in total. The van der Waals surface area contributed by atoms with Crippen molar-refractivity contribution < 1.29 is 23.0 Å². The van der Waals surface area contributed by atoms with E-state index in [4.69, 9.17) is 30.2 Å². The number of fused-ring (bicyclic) bond motifs is 1. The predicted molar refractivity (Wildman–Crippen MR) is 111 cm³/mol. The van der Waals surface area contributed by atoms with Crippen LogP contribution >= 0.6 is 11.6 Å². The molecule has 0 unspecified atom stereocenters. The monoisotopic (exact) mass is 426 g/mol. The molecule has 0 bridgehead atoms. The average molecular weight is 427 g/mol. The Morgan fingerprint density at radius 1 is 1.00 bits per heavy atom. The van der Waals surface area contributed by atoms with E-state index < -0.39 is 5.82 Å². The van der Waals surface area contributed by atoms with Crippen LogP contribution in [0.2, 0.25) is 5.02 Å². The van der Waals surface area contributed by atoms with Gasteiger partial charge in [0.15, 0.2) is 11.5 Å². The van der Waals surface area contributed by atoms with Gasteiger partial charge in [0.25, 0.3) is 0 Å². The van der Waals surface area contributed by atoms with Crippen LogP contribution in [-0.4, -0.2) is 7.11 Å². The summed E-state index contributed by atoms with van der Waals surface area (Å²) < 4.78 is 35.4. The molecule has 30 heavy (non-hydrogen) atoms. The van der Waals surface area contributed by atoms with Crippen LogP contribution in [0, 0.1) is 5.82 Å². The number of rotatable bonds is 6. The van der Waals surface area contributed by atoms with E-state index in [1.165, 1.54) is 25.5 Å². The summed E-state index contributed by atoms with van der Waals surface area (Å²) in [5.74, 6) is 1.01. The maximum atomic E-state index is 13.2. The molecule has 0 saturated heterocycles. The normalized spacial score (nSPS) is 10.8. The van der Waals surface area contributed by atoms with Crippen molar-refractivity contribution >= 4 is 22.6 Å². The minimum atomic E-state index is -0.414. The van der Waals surface area contributed by atoms with Crippen LogP contribution in [0.15, 0.2) is 76.1 Å². The molecule has 1 aromatic heterocycles. The summed E-state index contributed by atoms with van der Waals surface area (Å²) in [6, 6.07) is 15.9. The summed E-state index contributed by atoms with van der Waals surface area (Å²) >= 11 is 6.01. The number of methoxy groups -OCH3 is 1. The highest BCUT2D eigenvalue weighted by atomic mass is 35.5. The van der Waals surface area contributed by atoms with Gasteiger partial charge in [-0.05, 0) is 36.4 Å². The Kier molecular flexibility index (Phi) is 5.59. The fraction of sp³-hybridized carbons (Fsp3) is 0.0870. The number of halogens is 2. The lowest BCUT2D eigenvalue weighted by atomic mass is 10.2. The molecule has 0 fully saturated rings. The van der Waals surface area contributed by atoms with Crippen LogP contribution < -0.4 is 19.6 Å². The van der Waals surface area contributed by atoms with Crippen molar-refractivity contribution in [3.63, 3.8) is 0 Å². The molecule has 1 heterocycles. The molecular weight excluding hydrogens is 411 g/mol. The van der Waals surface area contributed by atoms with Crippen molar-refractivity contribution in [2.24, 2.45) is 0 Å². The van der Waals surface area contributed by atoms with Crippen molar-refractivity contribution in [1.29, 1.82) is 0 Å². The summed E-state index contributed by atoms with van der Waals surface area (Å²) in [7, 11) is 1.52. The van der Waals surface area contributed by atoms with Crippen molar-refractivity contribution in [2.45, 2.75) is 6.61 Å². The molecular formula is C23H16ClFO5. The van der Waals surface area contributed by atoms with Crippen molar-refractivity contribution in [1.82, 2.24) is 0 Å². The Balaban J connectivity index is 1.57. The Labute approximate surface area is 176 Å². The fourth-order valence-corrected chi connectivity index (χ4v) is 3.09. The van der Waals surface area contributed by atoms with E-state index in [9.17, 15) is 9.18 Å². The predicted octanol–water partition coefficient (Wildman–Crippen LogP) is 5.97. The Bertz CT molecular complexity index is 1270. The first-order valence-electron chi connectivity index (χ1n) is 8.98. The minimum absolute atomic E-state index is 0.0405. The zero-order chi connectivity index (χ0) is 21.1. The molecule has 4 aromatic rings. The lowest BCUT2D eigenvalue weighted by molar-refractivity contribution is 0.306. The molecule has 0 saturated carbocycles. The molecule has 5 nitrogen and oxygen atoms in total. The van der Waals surface area contributed by atoms with Gasteiger partial charge in [-0.3, -0.25) is 4.79 Å². The van der Waals surface area contributed by atoms with Gasteiger partial charge in [-0.25, -0.2) is 4.39 Å². The van der Waals surface area contributed by atoms with Crippen molar-refractivity contribution in [2.75, 3.05) is 7.11 Å². The lowest BCUT2D eigenvalue weighted by Crippen LogP contribution is -2.05. The molecule has 0 aliphatic heterocycles. The first kappa shape index (κ1) is 19.8. The van der Waals surface area contributed by atoms with E-state index in [2.05, 4.69) is 0 Å². The zero-order valence-electron chi connectivity index (χ0n) is 15.9. The summed E-state index contributed by atoms with van der Waals surface area (Å²) in [4.78, 5) is 12.8. The zero-order valence-corrected chi connectivity index (χ0v) is 16.6. The quantitative estimate of drug-likeness (QED) is 0.380. The first-order valence-corrected chi connectivity index (χ1v) is 9.36. The topological polar surface area (TPSA) is 57.9 Å². The van der Waals surface area contributed by atoms with E-state index in [1.807, 2.05) is 0 Å². The molecule has 7 heteroatoms. The average Bonchev–Trinajstić information content (AvgIpc) is 2.75. The van der Waals surface area contributed by atoms with Gasteiger partial charge >= 0.3 is 0 Å². The van der Waals surface area contributed by atoms with Gasteiger partial charge in [0, 0.05) is 11.6 Å². The molecule has 0 aliphatic carbocycles. The lowest BCUT2D eigenvalue weighted by Gasteiger charge is -2.10. The van der Waals surface area contributed by atoms with Crippen LogP contribution in [-0.2, 0) is 6.61 Å². The number of hydrogen-bond acceptors (Lipinski definition) is 5. The van der Waals surface area contributed by atoms with Gasteiger partial charge in [-0.1, -0.05) is 29.8 Å². The van der Waals surface area contributed by atoms with Gasteiger partial charge in [-0.15, -0.1) is 0 Å². The third-order valence-electron chi connectivity index (χ3n) is 4.41. The van der Waals surface area contributed by atoms with E-state index >= 15 is 0 Å². The van der Waals surface area contributed by atoms with E-state index in [1.54, 1.807) is 48.5 Å². The van der Waals surface area contributed by atoms with E-state index in [0.717, 1.165) is 0 Å². The van der Waals surface area contributed by atoms with Crippen LogP contribution in [0.3, 0.4) is 0 Å². The number of hydrogen-bond donors (Lipinski definition) is 0. The largest absolute Gasteiger partial charge is 0.493 e. The standard InChI is InChI=1S/C23H16ClFO5/c1-27-19-4-2-3-5-20(19)30-22-13-29-21-11-16(8-9-17(21)23(22)26)28-12-14-6-7-15(25)10-18(14)24/h2-11,13H,12H2,1H3. The number of para-hydroxylation sites is 2. The molecule has 0 radical (unpaired) electrons. The SMILES string of the molecule is COc1ccccc1Oc1coc2cc(OCc3ccc(F)cc3Cl)ccc2c1=O. The molecule has 0 amide bonds. The smallest absolute Gasteiger partial charge is 0.235 e. The second-order valence-corrected chi connectivity index (χ2v) is 6.77. The molecule has 3 aromatic carbocycles.